The fraction of sp³-hybridized carbons (Fsp3) is 0.238. The molecule has 2 aromatic carbocycles. The number of anilines is 1. The Hall–Kier alpha value is -2.50. The number of aromatic nitrogens is 2. The van der Waals surface area contributed by atoms with Crippen LogP contribution in [0.4, 0.5) is 5.95 Å². The zero-order valence-corrected chi connectivity index (χ0v) is 15.5. The Labute approximate surface area is 156 Å². The first-order chi connectivity index (χ1) is 12.8. The lowest BCUT2D eigenvalue weighted by molar-refractivity contribution is 0.311. The van der Waals surface area contributed by atoms with Gasteiger partial charge >= 0.3 is 0 Å². The minimum absolute atomic E-state index is 0.851. The fourth-order valence-electron chi connectivity index (χ4n) is 3.50. The number of nitrogens with zero attached hydrogens (tertiary/aromatic N) is 4. The lowest BCUT2D eigenvalue weighted by Gasteiger charge is -2.32. The topological polar surface area (TPSA) is 32.3 Å². The predicted molar refractivity (Wildman–Crippen MR) is 110 cm³/mol. The fourth-order valence-corrected chi connectivity index (χ4v) is 4.57. The maximum atomic E-state index is 5.02. The van der Waals surface area contributed by atoms with Gasteiger partial charge < -0.3 is 9.80 Å². The smallest absolute Gasteiger partial charge is 0.226 e. The van der Waals surface area contributed by atoms with Gasteiger partial charge in [0.2, 0.25) is 5.95 Å². The lowest BCUT2D eigenvalue weighted by Crippen LogP contribution is -2.45. The molecule has 0 bridgehead atoms. The molecule has 0 aliphatic carbocycles. The van der Waals surface area contributed by atoms with E-state index in [1.165, 1.54) is 15.0 Å². The van der Waals surface area contributed by atoms with Gasteiger partial charge in [0.25, 0.3) is 0 Å². The first kappa shape index (κ1) is 15.7. The summed E-state index contributed by atoms with van der Waals surface area (Å²) in [4.78, 5) is 15.8. The Balaban J connectivity index is 1.67. The summed E-state index contributed by atoms with van der Waals surface area (Å²) in [5, 5.41) is 2.40. The Kier molecular flexibility index (Phi) is 3.84. The molecule has 5 rings (SSSR count). The van der Waals surface area contributed by atoms with Gasteiger partial charge in [-0.15, -0.1) is 11.3 Å². The molecule has 1 aliphatic rings. The van der Waals surface area contributed by atoms with Gasteiger partial charge in [-0.3, -0.25) is 0 Å². The number of hydrogen-bond donors (Lipinski definition) is 0. The summed E-state index contributed by atoms with van der Waals surface area (Å²) in [5.74, 6) is 0.851. The van der Waals surface area contributed by atoms with Crippen LogP contribution in [0.15, 0.2) is 54.6 Å². The molecule has 0 unspecified atom stereocenters. The number of likely N-dealkylation sites (N-methyl/N-ethyl adjacent to an activating group) is 1. The van der Waals surface area contributed by atoms with E-state index < -0.39 is 0 Å². The highest BCUT2D eigenvalue weighted by molar-refractivity contribution is 7.22. The summed E-state index contributed by atoms with van der Waals surface area (Å²) >= 11 is 1.80. The quantitative estimate of drug-likeness (QED) is 0.535. The van der Waals surface area contributed by atoms with Gasteiger partial charge in [0.15, 0.2) is 0 Å². The van der Waals surface area contributed by atoms with Crippen LogP contribution < -0.4 is 4.90 Å². The highest BCUT2D eigenvalue weighted by atomic mass is 32.1. The molecular formula is C21H20N4S. The van der Waals surface area contributed by atoms with E-state index in [1.807, 2.05) is 0 Å². The van der Waals surface area contributed by atoms with E-state index in [0.717, 1.165) is 48.7 Å². The van der Waals surface area contributed by atoms with E-state index in [4.69, 9.17) is 9.97 Å². The van der Waals surface area contributed by atoms with Crippen LogP contribution in [0.2, 0.25) is 0 Å². The van der Waals surface area contributed by atoms with Crippen molar-refractivity contribution in [2.45, 2.75) is 0 Å². The number of thiophene rings is 1. The van der Waals surface area contributed by atoms with Gasteiger partial charge in [0.05, 0.1) is 16.1 Å². The third-order valence-electron chi connectivity index (χ3n) is 5.04. The zero-order valence-electron chi connectivity index (χ0n) is 14.7. The Morgan fingerprint density at radius 1 is 0.885 bits per heavy atom. The van der Waals surface area contributed by atoms with Crippen LogP contribution in [0.3, 0.4) is 0 Å². The molecule has 26 heavy (non-hydrogen) atoms. The van der Waals surface area contributed by atoms with Gasteiger partial charge in [0, 0.05) is 36.3 Å². The largest absolute Gasteiger partial charge is 0.338 e. The minimum atomic E-state index is 0.851. The SMILES string of the molecule is CN1CCN(c2nc(-c3cc4ccccc4s3)c3ccccc3n2)CC1. The number of benzene rings is 2. The van der Waals surface area contributed by atoms with E-state index in [9.17, 15) is 0 Å². The van der Waals surface area contributed by atoms with E-state index in [2.05, 4.69) is 71.4 Å². The normalized spacial score (nSPS) is 15.8. The summed E-state index contributed by atoms with van der Waals surface area (Å²) in [7, 11) is 2.17. The predicted octanol–water partition coefficient (Wildman–Crippen LogP) is 4.26. The van der Waals surface area contributed by atoms with Gasteiger partial charge in [-0.25, -0.2) is 9.97 Å². The monoisotopic (exact) mass is 360 g/mol. The van der Waals surface area contributed by atoms with Crippen LogP contribution in [0, 0.1) is 0 Å². The summed E-state index contributed by atoms with van der Waals surface area (Å²) in [5.41, 5.74) is 2.06. The highest BCUT2D eigenvalue weighted by Gasteiger charge is 2.19. The van der Waals surface area contributed by atoms with Crippen molar-refractivity contribution in [2.75, 3.05) is 38.1 Å². The third-order valence-corrected chi connectivity index (χ3v) is 6.16. The number of hydrogen-bond acceptors (Lipinski definition) is 5. The van der Waals surface area contributed by atoms with Crippen molar-refractivity contribution in [2.24, 2.45) is 0 Å². The molecule has 4 nitrogen and oxygen atoms in total. The van der Waals surface area contributed by atoms with Gasteiger partial charge in [-0.1, -0.05) is 36.4 Å². The van der Waals surface area contributed by atoms with E-state index in [0.29, 0.717) is 0 Å². The van der Waals surface area contributed by atoms with Crippen molar-refractivity contribution in [1.82, 2.24) is 14.9 Å². The van der Waals surface area contributed by atoms with Crippen molar-refractivity contribution in [1.29, 1.82) is 0 Å². The molecule has 1 saturated heterocycles. The van der Waals surface area contributed by atoms with Crippen LogP contribution >= 0.6 is 11.3 Å². The summed E-state index contributed by atoms with van der Waals surface area (Å²) < 4.78 is 1.30. The zero-order chi connectivity index (χ0) is 17.5. The molecule has 1 aliphatic heterocycles. The molecule has 2 aromatic heterocycles. The Morgan fingerprint density at radius 3 is 2.50 bits per heavy atom. The second-order valence-corrected chi connectivity index (χ2v) is 7.91. The molecule has 0 spiro atoms. The molecule has 4 aromatic rings. The highest BCUT2D eigenvalue weighted by Crippen LogP contribution is 2.36. The average molecular weight is 360 g/mol. The molecule has 0 radical (unpaired) electrons. The van der Waals surface area contributed by atoms with E-state index in [1.54, 1.807) is 11.3 Å². The van der Waals surface area contributed by atoms with Gasteiger partial charge in [-0.2, -0.15) is 0 Å². The molecule has 3 heterocycles. The Morgan fingerprint density at radius 2 is 1.65 bits per heavy atom. The van der Waals surface area contributed by atoms with Crippen LogP contribution in [0.5, 0.6) is 0 Å². The first-order valence-corrected chi connectivity index (χ1v) is 9.79. The molecule has 1 fully saturated rings. The van der Waals surface area contributed by atoms with E-state index >= 15 is 0 Å². The van der Waals surface area contributed by atoms with Crippen molar-refractivity contribution < 1.29 is 0 Å². The van der Waals surface area contributed by atoms with Crippen LogP contribution in [-0.2, 0) is 0 Å². The maximum Gasteiger partial charge on any atom is 0.226 e. The summed E-state index contributed by atoms with van der Waals surface area (Å²) in [6.07, 6.45) is 0. The maximum absolute atomic E-state index is 5.02. The van der Waals surface area contributed by atoms with Gasteiger partial charge in [0.1, 0.15) is 0 Å². The molecule has 130 valence electrons. The number of piperazine rings is 1. The van der Waals surface area contributed by atoms with Crippen molar-refractivity contribution in [3.05, 3.63) is 54.6 Å². The summed E-state index contributed by atoms with van der Waals surface area (Å²) in [6.45, 7) is 4.05. The molecule has 0 atom stereocenters. The van der Waals surface area contributed by atoms with Crippen molar-refractivity contribution in [3.8, 4) is 10.6 Å². The molecule has 0 N–H and O–H groups in total. The van der Waals surface area contributed by atoms with Gasteiger partial charge in [-0.05, 0) is 30.6 Å². The second-order valence-electron chi connectivity index (χ2n) is 6.83. The third kappa shape index (κ3) is 2.73. The number of para-hydroxylation sites is 1. The molecule has 0 amide bonds. The number of rotatable bonds is 2. The Bertz CT molecular complexity index is 1050. The van der Waals surface area contributed by atoms with Crippen LogP contribution in [0.25, 0.3) is 31.6 Å². The first-order valence-electron chi connectivity index (χ1n) is 8.97. The van der Waals surface area contributed by atoms with Crippen molar-refractivity contribution >= 4 is 38.3 Å². The summed E-state index contributed by atoms with van der Waals surface area (Å²) in [6, 6.07) is 19.1. The average Bonchev–Trinajstić information content (AvgIpc) is 3.12. The van der Waals surface area contributed by atoms with Crippen molar-refractivity contribution in [3.63, 3.8) is 0 Å². The molecule has 0 saturated carbocycles. The van der Waals surface area contributed by atoms with Crippen LogP contribution in [-0.4, -0.2) is 48.1 Å². The van der Waals surface area contributed by atoms with E-state index in [-0.39, 0.29) is 0 Å². The molecule has 5 heteroatoms. The standard InChI is InChI=1S/C21H20N4S/c1-24-10-12-25(13-11-24)21-22-17-8-4-3-7-16(17)20(23-21)19-14-15-6-2-5-9-18(15)26-19/h2-9,14H,10-13H2,1H3. The minimum Gasteiger partial charge on any atom is -0.338 e. The number of fused-ring (bicyclic) bond motifs is 2. The molecular weight excluding hydrogens is 340 g/mol. The second kappa shape index (κ2) is 6.34. The van der Waals surface area contributed by atoms with Crippen LogP contribution in [0.1, 0.15) is 0 Å². The lowest BCUT2D eigenvalue weighted by atomic mass is 10.1.